The summed E-state index contributed by atoms with van der Waals surface area (Å²) in [4.78, 5) is 14.2. The van der Waals surface area contributed by atoms with Gasteiger partial charge in [0.1, 0.15) is 12.4 Å². The fourth-order valence-corrected chi connectivity index (χ4v) is 2.35. The number of hydrogen-bond donors (Lipinski definition) is 3. The van der Waals surface area contributed by atoms with Crippen molar-refractivity contribution in [1.29, 1.82) is 0 Å². The van der Waals surface area contributed by atoms with E-state index in [0.717, 1.165) is 17.9 Å². The molecule has 0 aromatic heterocycles. The van der Waals surface area contributed by atoms with Gasteiger partial charge in [-0.25, -0.2) is 0 Å². The summed E-state index contributed by atoms with van der Waals surface area (Å²) in [5.74, 6) is 0.470. The van der Waals surface area contributed by atoms with Gasteiger partial charge < -0.3 is 15.0 Å². The summed E-state index contributed by atoms with van der Waals surface area (Å²) in [6, 6.07) is 14.3. The number of amides is 1. The molecule has 27 heavy (non-hydrogen) atoms. The van der Waals surface area contributed by atoms with Crippen molar-refractivity contribution in [2.75, 3.05) is 27.2 Å². The van der Waals surface area contributed by atoms with E-state index in [2.05, 4.69) is 16.2 Å². The van der Waals surface area contributed by atoms with Crippen molar-refractivity contribution in [3.05, 3.63) is 64.7 Å². The summed E-state index contributed by atoms with van der Waals surface area (Å²) >= 11 is 10.9. The lowest BCUT2D eigenvalue weighted by atomic mass is 10.1. The molecule has 8 heteroatoms. The van der Waals surface area contributed by atoms with Gasteiger partial charge in [-0.2, -0.15) is 0 Å². The first kappa shape index (κ1) is 21.0. The molecule has 0 atom stereocenters. The van der Waals surface area contributed by atoms with E-state index in [1.54, 1.807) is 24.3 Å². The van der Waals surface area contributed by atoms with Crippen molar-refractivity contribution < 1.29 is 9.53 Å². The van der Waals surface area contributed by atoms with Gasteiger partial charge in [-0.05, 0) is 68.3 Å². The molecule has 6 nitrogen and oxygen atoms in total. The van der Waals surface area contributed by atoms with E-state index in [1.165, 1.54) is 0 Å². The number of nitrogens with one attached hydrogen (secondary N) is 3. The predicted molar refractivity (Wildman–Crippen MR) is 112 cm³/mol. The van der Waals surface area contributed by atoms with E-state index in [4.69, 9.17) is 28.6 Å². The summed E-state index contributed by atoms with van der Waals surface area (Å²) in [6.45, 7) is 1.94. The Kier molecular flexibility index (Phi) is 8.32. The Morgan fingerprint density at radius 2 is 1.74 bits per heavy atom. The second-order valence-electron chi connectivity index (χ2n) is 6.08. The second kappa shape index (κ2) is 10.7. The van der Waals surface area contributed by atoms with Crippen molar-refractivity contribution >= 4 is 34.8 Å². The number of carbonyl (C=O) groups excluding carboxylic acids is 1. The molecule has 0 bridgehead atoms. The number of halogens is 1. The highest BCUT2D eigenvalue weighted by atomic mass is 35.5. The summed E-state index contributed by atoms with van der Waals surface area (Å²) in [6.07, 6.45) is 0. The Bertz CT molecular complexity index is 751. The van der Waals surface area contributed by atoms with E-state index < -0.39 is 0 Å². The van der Waals surface area contributed by atoms with Crippen LogP contribution in [-0.4, -0.2) is 43.1 Å². The van der Waals surface area contributed by atoms with Crippen LogP contribution in [0.25, 0.3) is 0 Å². The quantitative estimate of drug-likeness (QED) is 0.485. The first-order valence-corrected chi connectivity index (χ1v) is 9.19. The summed E-state index contributed by atoms with van der Waals surface area (Å²) < 4.78 is 5.68. The molecule has 0 saturated carbocycles. The molecule has 0 aliphatic rings. The number of likely N-dealkylation sites (N-methyl/N-ethyl adjacent to an activating group) is 1. The lowest BCUT2D eigenvalue weighted by Gasteiger charge is -2.14. The van der Waals surface area contributed by atoms with Crippen LogP contribution in [0, 0.1) is 0 Å². The Morgan fingerprint density at radius 1 is 1.07 bits per heavy atom. The zero-order valence-electron chi connectivity index (χ0n) is 15.3. The van der Waals surface area contributed by atoms with Gasteiger partial charge in [0.05, 0.1) is 0 Å². The Labute approximate surface area is 169 Å². The lowest BCUT2D eigenvalue weighted by molar-refractivity contribution is 0.0943. The zero-order valence-corrected chi connectivity index (χ0v) is 16.9. The van der Waals surface area contributed by atoms with Gasteiger partial charge in [-0.3, -0.25) is 15.6 Å². The first-order chi connectivity index (χ1) is 12.9. The van der Waals surface area contributed by atoms with Gasteiger partial charge in [0.25, 0.3) is 5.91 Å². The maximum Gasteiger partial charge on any atom is 0.269 e. The van der Waals surface area contributed by atoms with Crippen LogP contribution >= 0.6 is 23.8 Å². The van der Waals surface area contributed by atoms with Crippen LogP contribution in [0.2, 0.25) is 5.02 Å². The first-order valence-electron chi connectivity index (χ1n) is 8.40. The maximum absolute atomic E-state index is 12.1. The number of carbonyl (C=O) groups is 1. The highest BCUT2D eigenvalue weighted by molar-refractivity contribution is 7.80. The number of thiocarbonyl (C=S) groups is 1. The molecule has 3 N–H and O–H groups in total. The molecule has 0 heterocycles. The molecular formula is C19H23ClN4O2S. The molecule has 0 aliphatic heterocycles. The Morgan fingerprint density at radius 3 is 2.37 bits per heavy atom. The Balaban J connectivity index is 1.75. The van der Waals surface area contributed by atoms with Gasteiger partial charge in [-0.15, -0.1) is 0 Å². The number of hydrazine groups is 1. The number of ether oxygens (including phenoxy) is 1. The fourth-order valence-electron chi connectivity index (χ4n) is 2.07. The van der Waals surface area contributed by atoms with Crippen LogP contribution < -0.4 is 20.9 Å². The molecule has 1 amide bonds. The van der Waals surface area contributed by atoms with E-state index in [-0.39, 0.29) is 5.91 Å². The molecule has 144 valence electrons. The number of nitrogens with zero attached hydrogens (tertiary/aromatic N) is 1. The molecule has 0 fully saturated rings. The molecule has 0 saturated heterocycles. The van der Waals surface area contributed by atoms with Gasteiger partial charge >= 0.3 is 0 Å². The SMILES string of the molecule is CN(C)CCNC(=S)NNC(=O)c1ccc(COc2ccc(Cl)cc2)cc1. The molecular weight excluding hydrogens is 384 g/mol. The van der Waals surface area contributed by atoms with Gasteiger partial charge in [-0.1, -0.05) is 23.7 Å². The minimum absolute atomic E-state index is 0.267. The van der Waals surface area contributed by atoms with Gasteiger partial charge in [0, 0.05) is 23.7 Å². The van der Waals surface area contributed by atoms with Crippen molar-refractivity contribution in [3.8, 4) is 5.75 Å². The third-order valence-electron chi connectivity index (χ3n) is 3.57. The zero-order chi connectivity index (χ0) is 19.6. The summed E-state index contributed by atoms with van der Waals surface area (Å²) in [7, 11) is 3.95. The third kappa shape index (κ3) is 7.82. The van der Waals surface area contributed by atoms with E-state index in [0.29, 0.717) is 28.9 Å². The van der Waals surface area contributed by atoms with Crippen LogP contribution in [0.5, 0.6) is 5.75 Å². The molecule has 2 aromatic rings. The normalized spacial score (nSPS) is 10.4. The third-order valence-corrected chi connectivity index (χ3v) is 4.07. The number of benzene rings is 2. The molecule has 0 spiro atoms. The molecule has 2 rings (SSSR count). The highest BCUT2D eigenvalue weighted by Crippen LogP contribution is 2.17. The summed E-state index contributed by atoms with van der Waals surface area (Å²) in [5, 5.41) is 4.04. The van der Waals surface area contributed by atoms with Gasteiger partial charge in [0.2, 0.25) is 0 Å². The maximum atomic E-state index is 12.1. The molecule has 2 aromatic carbocycles. The minimum atomic E-state index is -0.267. The van der Waals surface area contributed by atoms with Crippen LogP contribution in [0.4, 0.5) is 0 Å². The number of rotatable bonds is 7. The highest BCUT2D eigenvalue weighted by Gasteiger charge is 2.06. The lowest BCUT2D eigenvalue weighted by Crippen LogP contribution is -2.47. The van der Waals surface area contributed by atoms with Crippen molar-refractivity contribution in [3.63, 3.8) is 0 Å². The smallest absolute Gasteiger partial charge is 0.269 e. The molecule has 0 aliphatic carbocycles. The Hall–Kier alpha value is -2.35. The second-order valence-corrected chi connectivity index (χ2v) is 6.92. The van der Waals surface area contributed by atoms with Crippen LogP contribution in [-0.2, 0) is 6.61 Å². The standard InChI is InChI=1S/C19H23ClN4O2S/c1-24(2)12-11-21-19(27)23-22-18(25)15-5-3-14(4-6-15)13-26-17-9-7-16(20)8-10-17/h3-10H,11-13H2,1-2H3,(H,22,25)(H2,21,23,27). The van der Waals surface area contributed by atoms with E-state index >= 15 is 0 Å². The average Bonchev–Trinajstić information content (AvgIpc) is 2.66. The van der Waals surface area contributed by atoms with Crippen molar-refractivity contribution in [2.24, 2.45) is 0 Å². The topological polar surface area (TPSA) is 65.6 Å². The monoisotopic (exact) mass is 406 g/mol. The van der Waals surface area contributed by atoms with Crippen molar-refractivity contribution in [2.45, 2.75) is 6.61 Å². The van der Waals surface area contributed by atoms with Gasteiger partial charge in [0.15, 0.2) is 5.11 Å². The van der Waals surface area contributed by atoms with Crippen LogP contribution in [0.3, 0.4) is 0 Å². The van der Waals surface area contributed by atoms with E-state index in [9.17, 15) is 4.79 Å². The predicted octanol–water partition coefficient (Wildman–Crippen LogP) is 2.59. The fraction of sp³-hybridized carbons (Fsp3) is 0.263. The van der Waals surface area contributed by atoms with Crippen LogP contribution in [0.1, 0.15) is 15.9 Å². The molecule has 0 unspecified atom stereocenters. The largest absolute Gasteiger partial charge is 0.489 e. The summed E-state index contributed by atoms with van der Waals surface area (Å²) in [5.41, 5.74) is 6.73. The number of hydrogen-bond acceptors (Lipinski definition) is 4. The average molecular weight is 407 g/mol. The molecule has 0 radical (unpaired) electrons. The van der Waals surface area contributed by atoms with Crippen LogP contribution in [0.15, 0.2) is 48.5 Å². The van der Waals surface area contributed by atoms with Crippen molar-refractivity contribution in [1.82, 2.24) is 21.1 Å². The minimum Gasteiger partial charge on any atom is -0.489 e. The van der Waals surface area contributed by atoms with E-state index in [1.807, 2.05) is 43.3 Å².